The molecule has 0 radical (unpaired) electrons. The number of hydrogen-bond donors (Lipinski definition) is 2. The summed E-state index contributed by atoms with van der Waals surface area (Å²) in [6.45, 7) is 6.04. The average molecular weight is 134 g/mol. The van der Waals surface area contributed by atoms with Crippen molar-refractivity contribution in [2.24, 2.45) is 11.7 Å². The lowest BCUT2D eigenvalue weighted by molar-refractivity contribution is 0.506. The first-order valence-electron chi connectivity index (χ1n) is 3.22. The van der Waals surface area contributed by atoms with Gasteiger partial charge < -0.3 is 16.5 Å². The van der Waals surface area contributed by atoms with Gasteiger partial charge in [-0.05, 0) is 12.5 Å². The summed E-state index contributed by atoms with van der Waals surface area (Å²) in [6.07, 6.45) is 1.23. The van der Waals surface area contributed by atoms with Crippen LogP contribution in [0.15, 0.2) is 0 Å². The fraction of sp³-hybridized carbons (Fsp3) is 1.00. The van der Waals surface area contributed by atoms with E-state index in [1.54, 1.807) is 0 Å². The molecule has 0 saturated heterocycles. The molecule has 3 nitrogen and oxygen atoms in total. The van der Waals surface area contributed by atoms with Crippen molar-refractivity contribution < 1.29 is 5.48 Å². The average Bonchev–Trinajstić information content (AvgIpc) is 1.83. The molecule has 1 atom stereocenters. The first-order valence-corrected chi connectivity index (χ1v) is 3.22. The van der Waals surface area contributed by atoms with E-state index in [0.717, 1.165) is 12.5 Å². The SMILES string of the molecule is CCC(C)CNCN.O. The molecule has 0 spiro atoms. The van der Waals surface area contributed by atoms with Gasteiger partial charge in [0, 0.05) is 6.67 Å². The van der Waals surface area contributed by atoms with Crippen LogP contribution in [0.5, 0.6) is 0 Å². The van der Waals surface area contributed by atoms with Gasteiger partial charge in [0.25, 0.3) is 0 Å². The standard InChI is InChI=1S/C6H16N2.H2O/c1-3-6(2)4-8-5-7;/h6,8H,3-5,7H2,1-2H3;1H2. The van der Waals surface area contributed by atoms with Gasteiger partial charge in [0.05, 0.1) is 0 Å². The zero-order chi connectivity index (χ0) is 6.41. The highest BCUT2D eigenvalue weighted by atomic mass is 16.0. The van der Waals surface area contributed by atoms with Crippen molar-refractivity contribution in [2.75, 3.05) is 13.2 Å². The lowest BCUT2D eigenvalue weighted by Crippen LogP contribution is -2.26. The molecule has 0 aromatic heterocycles. The van der Waals surface area contributed by atoms with Crippen LogP contribution in [0.3, 0.4) is 0 Å². The molecule has 9 heavy (non-hydrogen) atoms. The smallest absolute Gasteiger partial charge is 0.0428 e. The van der Waals surface area contributed by atoms with Crippen molar-refractivity contribution in [3.8, 4) is 0 Å². The lowest BCUT2D eigenvalue weighted by Gasteiger charge is -2.06. The van der Waals surface area contributed by atoms with Crippen LogP contribution >= 0.6 is 0 Å². The van der Waals surface area contributed by atoms with Crippen LogP contribution in [-0.4, -0.2) is 18.7 Å². The second-order valence-electron chi connectivity index (χ2n) is 2.17. The van der Waals surface area contributed by atoms with E-state index in [0.29, 0.717) is 6.67 Å². The van der Waals surface area contributed by atoms with Gasteiger partial charge in [-0.15, -0.1) is 0 Å². The Morgan fingerprint density at radius 3 is 2.44 bits per heavy atom. The third-order valence-corrected chi connectivity index (χ3v) is 1.33. The Bertz CT molecular complexity index is 50.3. The lowest BCUT2D eigenvalue weighted by atomic mass is 10.1. The molecule has 5 N–H and O–H groups in total. The van der Waals surface area contributed by atoms with Crippen molar-refractivity contribution in [1.29, 1.82) is 0 Å². The van der Waals surface area contributed by atoms with E-state index in [4.69, 9.17) is 5.73 Å². The minimum Gasteiger partial charge on any atom is -0.412 e. The van der Waals surface area contributed by atoms with Crippen LogP contribution in [0.2, 0.25) is 0 Å². The number of nitrogens with two attached hydrogens (primary N) is 1. The zero-order valence-electron chi connectivity index (χ0n) is 6.28. The van der Waals surface area contributed by atoms with Crippen LogP contribution in [0.4, 0.5) is 0 Å². The van der Waals surface area contributed by atoms with Gasteiger partial charge in [0.1, 0.15) is 0 Å². The highest BCUT2D eigenvalue weighted by Crippen LogP contribution is 1.95. The number of hydrogen-bond acceptors (Lipinski definition) is 2. The Kier molecular flexibility index (Phi) is 10.2. The highest BCUT2D eigenvalue weighted by Gasteiger charge is 1.93. The van der Waals surface area contributed by atoms with E-state index in [9.17, 15) is 0 Å². The molecule has 1 unspecified atom stereocenters. The van der Waals surface area contributed by atoms with Crippen LogP contribution in [-0.2, 0) is 0 Å². The molecule has 0 aliphatic rings. The summed E-state index contributed by atoms with van der Waals surface area (Å²) < 4.78 is 0. The molecular formula is C6H18N2O. The van der Waals surface area contributed by atoms with Gasteiger partial charge in [-0.3, -0.25) is 0 Å². The topological polar surface area (TPSA) is 69.5 Å². The van der Waals surface area contributed by atoms with Crippen LogP contribution in [0.1, 0.15) is 20.3 Å². The maximum Gasteiger partial charge on any atom is 0.0428 e. The molecule has 0 aromatic carbocycles. The third kappa shape index (κ3) is 7.88. The largest absolute Gasteiger partial charge is 0.412 e. The van der Waals surface area contributed by atoms with Crippen molar-refractivity contribution in [3.05, 3.63) is 0 Å². The van der Waals surface area contributed by atoms with Crippen LogP contribution in [0, 0.1) is 5.92 Å². The number of nitrogens with one attached hydrogen (secondary N) is 1. The Morgan fingerprint density at radius 1 is 1.56 bits per heavy atom. The van der Waals surface area contributed by atoms with Crippen molar-refractivity contribution in [3.63, 3.8) is 0 Å². The summed E-state index contributed by atoms with van der Waals surface area (Å²) in [6, 6.07) is 0. The van der Waals surface area contributed by atoms with E-state index < -0.39 is 0 Å². The van der Waals surface area contributed by atoms with Gasteiger partial charge in [-0.25, -0.2) is 0 Å². The van der Waals surface area contributed by atoms with Crippen molar-refractivity contribution in [1.82, 2.24) is 5.32 Å². The maximum atomic E-state index is 5.22. The monoisotopic (exact) mass is 134 g/mol. The van der Waals surface area contributed by atoms with Crippen molar-refractivity contribution in [2.45, 2.75) is 20.3 Å². The minimum absolute atomic E-state index is 0. The summed E-state index contributed by atoms with van der Waals surface area (Å²) in [5, 5.41) is 3.08. The highest BCUT2D eigenvalue weighted by molar-refractivity contribution is 4.51. The second-order valence-corrected chi connectivity index (χ2v) is 2.17. The predicted molar refractivity (Wildman–Crippen MR) is 40.1 cm³/mol. The fourth-order valence-corrected chi connectivity index (χ4v) is 0.474. The normalized spacial score (nSPS) is 12.3. The predicted octanol–water partition coefficient (Wildman–Crippen LogP) is -0.286. The molecule has 58 valence electrons. The first-order chi connectivity index (χ1) is 3.81. The molecule has 0 rings (SSSR count). The minimum atomic E-state index is 0. The zero-order valence-corrected chi connectivity index (χ0v) is 6.28. The van der Waals surface area contributed by atoms with E-state index >= 15 is 0 Å². The summed E-state index contributed by atoms with van der Waals surface area (Å²) in [7, 11) is 0. The Labute approximate surface area is 56.9 Å². The Morgan fingerprint density at radius 2 is 2.11 bits per heavy atom. The van der Waals surface area contributed by atoms with E-state index in [1.807, 2.05) is 0 Å². The molecule has 0 saturated carbocycles. The molecule has 0 fully saturated rings. The molecule has 0 aromatic rings. The third-order valence-electron chi connectivity index (χ3n) is 1.33. The van der Waals surface area contributed by atoms with Gasteiger partial charge in [0.15, 0.2) is 0 Å². The summed E-state index contributed by atoms with van der Waals surface area (Å²) in [4.78, 5) is 0. The molecule has 0 heterocycles. The second kappa shape index (κ2) is 7.88. The molecular weight excluding hydrogens is 116 g/mol. The summed E-state index contributed by atoms with van der Waals surface area (Å²) in [5.41, 5.74) is 5.22. The first kappa shape index (κ1) is 11.6. The Balaban J connectivity index is 0. The maximum absolute atomic E-state index is 5.22. The van der Waals surface area contributed by atoms with Gasteiger partial charge in [-0.2, -0.15) is 0 Å². The molecule has 0 aliphatic heterocycles. The fourth-order valence-electron chi connectivity index (χ4n) is 0.474. The summed E-state index contributed by atoms with van der Waals surface area (Å²) >= 11 is 0. The Hall–Kier alpha value is -0.120. The molecule has 0 aliphatic carbocycles. The van der Waals surface area contributed by atoms with E-state index in [1.165, 1.54) is 6.42 Å². The van der Waals surface area contributed by atoms with Crippen LogP contribution < -0.4 is 11.1 Å². The molecule has 0 amide bonds. The van der Waals surface area contributed by atoms with Crippen LogP contribution in [0.25, 0.3) is 0 Å². The van der Waals surface area contributed by atoms with Crippen molar-refractivity contribution >= 4 is 0 Å². The van der Waals surface area contributed by atoms with E-state index in [-0.39, 0.29) is 5.48 Å². The summed E-state index contributed by atoms with van der Waals surface area (Å²) in [5.74, 6) is 0.763. The number of rotatable bonds is 4. The van der Waals surface area contributed by atoms with E-state index in [2.05, 4.69) is 19.2 Å². The molecule has 3 heteroatoms. The van der Waals surface area contributed by atoms with Gasteiger partial charge in [-0.1, -0.05) is 20.3 Å². The molecule has 0 bridgehead atoms. The quantitative estimate of drug-likeness (QED) is 0.519. The van der Waals surface area contributed by atoms with Gasteiger partial charge >= 0.3 is 0 Å². The van der Waals surface area contributed by atoms with Gasteiger partial charge in [0.2, 0.25) is 0 Å².